The molecule has 1 aromatic heterocycles. The van der Waals surface area contributed by atoms with E-state index >= 15 is 0 Å². The molecule has 194 valence electrons. The summed E-state index contributed by atoms with van der Waals surface area (Å²) >= 11 is 0. The lowest BCUT2D eigenvalue weighted by atomic mass is 10.2. The van der Waals surface area contributed by atoms with Gasteiger partial charge in [0, 0.05) is 48.9 Å². The summed E-state index contributed by atoms with van der Waals surface area (Å²) in [5.41, 5.74) is 9.25. The van der Waals surface area contributed by atoms with Gasteiger partial charge in [-0.15, -0.1) is 0 Å². The Morgan fingerprint density at radius 1 is 0.694 bits per heavy atom. The number of nitrogens with one attached hydrogen (secondary N) is 3. The maximum absolute atomic E-state index is 12.2. The van der Waals surface area contributed by atoms with E-state index in [1.807, 2.05) is 58.3 Å². The van der Waals surface area contributed by atoms with Crippen molar-refractivity contribution in [2.75, 3.05) is 78.8 Å². The number of hydrogen-bond acceptors (Lipinski definition) is 10. The molecule has 0 bridgehead atoms. The highest BCUT2D eigenvalue weighted by molar-refractivity contribution is 5.78. The van der Waals surface area contributed by atoms with E-state index in [0.717, 1.165) is 17.1 Å². The third-order valence-corrected chi connectivity index (χ3v) is 5.56. The number of nitrogens with two attached hydrogens (primary N) is 1. The fourth-order valence-corrected chi connectivity index (χ4v) is 3.78. The predicted molar refractivity (Wildman–Crippen MR) is 144 cm³/mol. The summed E-state index contributed by atoms with van der Waals surface area (Å²) in [6, 6.07) is 16.4. The van der Waals surface area contributed by atoms with E-state index in [4.69, 9.17) is 5.73 Å². The monoisotopic (exact) mass is 498 g/mol. The smallest absolute Gasteiger partial charge is 0.272 e. The number of benzene rings is 2. The molecule has 0 fully saturated rings. The third kappa shape index (κ3) is 7.12. The quantitative estimate of drug-likeness (QED) is 0.161. The van der Waals surface area contributed by atoms with Gasteiger partial charge >= 0.3 is 0 Å². The van der Waals surface area contributed by atoms with Crippen molar-refractivity contribution in [1.29, 1.82) is 0 Å². The van der Waals surface area contributed by atoms with Crippen molar-refractivity contribution < 1.29 is 20.4 Å². The molecule has 0 aliphatic rings. The summed E-state index contributed by atoms with van der Waals surface area (Å²) in [6.45, 7) is 1.55. The van der Waals surface area contributed by atoms with Gasteiger partial charge < -0.3 is 51.6 Å². The summed E-state index contributed by atoms with van der Waals surface area (Å²) in [5, 5.41) is 43.5. The zero-order valence-electron chi connectivity index (χ0n) is 20.0. The fourth-order valence-electron chi connectivity index (χ4n) is 3.78. The Bertz CT molecular complexity index is 1130. The van der Waals surface area contributed by atoms with Crippen molar-refractivity contribution in [3.05, 3.63) is 65.0 Å². The molecule has 0 atom stereocenters. The van der Waals surface area contributed by atoms with Crippen LogP contribution in [0.4, 0.5) is 39.9 Å². The molecule has 0 aliphatic carbocycles. The van der Waals surface area contributed by atoms with Gasteiger partial charge in [-0.25, -0.2) is 0 Å². The Morgan fingerprint density at radius 3 is 1.53 bits per heavy atom. The minimum absolute atomic E-state index is 0.0203. The molecule has 0 saturated heterocycles. The summed E-state index contributed by atoms with van der Waals surface area (Å²) in [6.07, 6.45) is 0. The molecular weight excluding hydrogens is 464 g/mol. The molecule has 1 heterocycles. The number of hydrogen-bond donors (Lipinski definition) is 8. The van der Waals surface area contributed by atoms with Gasteiger partial charge in [-0.1, -0.05) is 0 Å². The SMILES string of the molecule is Nc1cc(Nc2ccc(N(CCO)CCO)cc2)c(Nc2ccc(N(CCO)CCO)cc2)[nH]c1=O. The second-order valence-corrected chi connectivity index (χ2v) is 8.05. The average molecular weight is 499 g/mol. The number of aliphatic hydroxyl groups excluding tert-OH is 4. The standard InChI is InChI=1S/C25H34N6O5/c26-22-17-23(27-18-1-5-20(6-2-18)30(9-13-32)10-14-33)24(29-25(22)36)28-19-3-7-21(8-4-19)31(11-15-34)12-16-35/h1-8,17,27,32-35H,9-16,26H2,(H2,28,29,36). The van der Waals surface area contributed by atoms with Gasteiger partial charge in [0.2, 0.25) is 0 Å². The minimum Gasteiger partial charge on any atom is -0.395 e. The number of aliphatic hydroxyl groups is 4. The van der Waals surface area contributed by atoms with Gasteiger partial charge in [0.05, 0.1) is 37.8 Å². The average Bonchev–Trinajstić information content (AvgIpc) is 2.88. The highest BCUT2D eigenvalue weighted by Crippen LogP contribution is 2.29. The number of aromatic nitrogens is 1. The highest BCUT2D eigenvalue weighted by atomic mass is 16.3. The van der Waals surface area contributed by atoms with Crippen LogP contribution >= 0.6 is 0 Å². The number of nitrogen functional groups attached to an aromatic ring is 1. The lowest BCUT2D eigenvalue weighted by molar-refractivity contribution is 0.280. The van der Waals surface area contributed by atoms with Crippen LogP contribution in [-0.4, -0.2) is 78.0 Å². The predicted octanol–water partition coefficient (Wildman–Crippen LogP) is 1.03. The van der Waals surface area contributed by atoms with Crippen molar-refractivity contribution >= 4 is 39.9 Å². The van der Waals surface area contributed by atoms with Crippen LogP contribution in [0.2, 0.25) is 0 Å². The minimum atomic E-state index is -0.421. The Hall–Kier alpha value is -3.77. The normalized spacial score (nSPS) is 10.8. The Morgan fingerprint density at radius 2 is 1.11 bits per heavy atom. The van der Waals surface area contributed by atoms with E-state index in [0.29, 0.717) is 43.4 Å². The van der Waals surface area contributed by atoms with Crippen LogP contribution in [0.15, 0.2) is 59.4 Å². The first-order chi connectivity index (χ1) is 17.5. The molecule has 2 aromatic carbocycles. The summed E-state index contributed by atoms with van der Waals surface area (Å²) in [4.78, 5) is 18.7. The first-order valence-corrected chi connectivity index (χ1v) is 11.7. The van der Waals surface area contributed by atoms with E-state index in [9.17, 15) is 25.2 Å². The van der Waals surface area contributed by atoms with E-state index < -0.39 is 5.56 Å². The van der Waals surface area contributed by atoms with Crippen molar-refractivity contribution in [3.8, 4) is 0 Å². The largest absolute Gasteiger partial charge is 0.395 e. The van der Waals surface area contributed by atoms with Crippen molar-refractivity contribution in [3.63, 3.8) is 0 Å². The maximum Gasteiger partial charge on any atom is 0.272 e. The van der Waals surface area contributed by atoms with Gasteiger partial charge in [0.15, 0.2) is 0 Å². The molecule has 9 N–H and O–H groups in total. The second kappa shape index (κ2) is 13.4. The summed E-state index contributed by atoms with van der Waals surface area (Å²) < 4.78 is 0. The molecule has 0 saturated carbocycles. The third-order valence-electron chi connectivity index (χ3n) is 5.56. The van der Waals surface area contributed by atoms with Crippen molar-refractivity contribution in [2.24, 2.45) is 0 Å². The number of nitrogens with zero attached hydrogens (tertiary/aromatic N) is 2. The molecular formula is C25H34N6O5. The van der Waals surface area contributed by atoms with E-state index in [-0.39, 0.29) is 32.1 Å². The molecule has 0 unspecified atom stereocenters. The van der Waals surface area contributed by atoms with Crippen molar-refractivity contribution in [1.82, 2.24) is 4.98 Å². The molecule has 11 heteroatoms. The van der Waals surface area contributed by atoms with Gasteiger partial charge in [0.1, 0.15) is 5.82 Å². The molecule has 0 spiro atoms. The van der Waals surface area contributed by atoms with E-state index in [2.05, 4.69) is 15.6 Å². The molecule has 3 rings (SSSR count). The second-order valence-electron chi connectivity index (χ2n) is 8.05. The van der Waals surface area contributed by atoms with Crippen molar-refractivity contribution in [2.45, 2.75) is 0 Å². The van der Waals surface area contributed by atoms with E-state index in [1.54, 1.807) is 6.07 Å². The zero-order valence-corrected chi connectivity index (χ0v) is 20.0. The highest BCUT2D eigenvalue weighted by Gasteiger charge is 2.11. The zero-order chi connectivity index (χ0) is 25.9. The van der Waals surface area contributed by atoms with Gasteiger partial charge in [-0.3, -0.25) is 4.79 Å². The molecule has 0 radical (unpaired) electrons. The van der Waals surface area contributed by atoms with Gasteiger partial charge in [-0.2, -0.15) is 0 Å². The lowest BCUT2D eigenvalue weighted by Crippen LogP contribution is -2.29. The van der Waals surface area contributed by atoms with Gasteiger partial charge in [0.25, 0.3) is 5.56 Å². The van der Waals surface area contributed by atoms with Crippen LogP contribution in [0, 0.1) is 0 Å². The Balaban J connectivity index is 1.80. The molecule has 36 heavy (non-hydrogen) atoms. The molecule has 11 nitrogen and oxygen atoms in total. The Labute approximate surface area is 209 Å². The van der Waals surface area contributed by atoms with Crippen LogP contribution in [0.3, 0.4) is 0 Å². The summed E-state index contributed by atoms with van der Waals surface area (Å²) in [5.74, 6) is 0.427. The van der Waals surface area contributed by atoms with Gasteiger partial charge in [-0.05, 0) is 54.6 Å². The van der Waals surface area contributed by atoms with Crippen LogP contribution in [0.1, 0.15) is 0 Å². The van der Waals surface area contributed by atoms with Crippen LogP contribution in [-0.2, 0) is 0 Å². The number of H-pyrrole nitrogens is 1. The molecule has 0 aliphatic heterocycles. The first kappa shape index (κ1) is 26.8. The number of rotatable bonds is 14. The lowest BCUT2D eigenvalue weighted by Gasteiger charge is -2.23. The maximum atomic E-state index is 12.2. The molecule has 0 amide bonds. The van der Waals surface area contributed by atoms with E-state index in [1.165, 1.54) is 0 Å². The van der Waals surface area contributed by atoms with Crippen LogP contribution in [0.5, 0.6) is 0 Å². The van der Waals surface area contributed by atoms with Crippen LogP contribution in [0.25, 0.3) is 0 Å². The number of aromatic amines is 1. The molecule has 3 aromatic rings. The van der Waals surface area contributed by atoms with Crippen LogP contribution < -0.4 is 31.7 Å². The number of pyridine rings is 1. The number of anilines is 7. The summed E-state index contributed by atoms with van der Waals surface area (Å²) in [7, 11) is 0. The topological polar surface area (TPSA) is 170 Å². The Kier molecular flexibility index (Phi) is 9.95. The fraction of sp³-hybridized carbons (Fsp3) is 0.320. The first-order valence-electron chi connectivity index (χ1n) is 11.7.